The van der Waals surface area contributed by atoms with E-state index >= 15 is 0 Å². The van der Waals surface area contributed by atoms with Crippen molar-refractivity contribution in [3.63, 3.8) is 0 Å². The van der Waals surface area contributed by atoms with Crippen LogP contribution < -0.4 is 14.9 Å². The molecule has 0 bridgehead atoms. The van der Waals surface area contributed by atoms with Crippen molar-refractivity contribution in [1.29, 1.82) is 0 Å². The largest absolute Gasteiger partial charge is 0.477 e. The van der Waals surface area contributed by atoms with E-state index in [9.17, 15) is 9.59 Å². The summed E-state index contributed by atoms with van der Waals surface area (Å²) in [5.74, 6) is -0.279. The van der Waals surface area contributed by atoms with E-state index in [-0.39, 0.29) is 17.7 Å². The van der Waals surface area contributed by atoms with Crippen LogP contribution in [0.5, 0.6) is 11.5 Å². The minimum absolute atomic E-state index is 0.0944. The Morgan fingerprint density at radius 2 is 2.18 bits per heavy atom. The van der Waals surface area contributed by atoms with Crippen molar-refractivity contribution in [3.8, 4) is 11.5 Å². The molecule has 1 aromatic heterocycles. The Bertz CT molecular complexity index is 688. The zero-order valence-electron chi connectivity index (χ0n) is 8.52. The second kappa shape index (κ2) is 3.24. The van der Waals surface area contributed by atoms with Gasteiger partial charge in [0, 0.05) is 6.20 Å². The normalized spacial score (nSPS) is 12.9. The fraction of sp³-hybridized carbons (Fsp3) is 0.0909. The molecular formula is C11H7NO5. The van der Waals surface area contributed by atoms with Crippen LogP contribution in [0.15, 0.2) is 23.1 Å². The first-order chi connectivity index (χ1) is 8.18. The smallest absolute Gasteiger partial charge is 0.341 e. The molecule has 3 rings (SSSR count). The number of nitrogens with one attached hydrogen (secondary N) is 1. The Balaban J connectivity index is 2.40. The molecule has 0 unspecified atom stereocenters. The van der Waals surface area contributed by atoms with E-state index in [1.54, 1.807) is 6.07 Å². The summed E-state index contributed by atoms with van der Waals surface area (Å²) in [6.45, 7) is 0.0944. The fourth-order valence-electron chi connectivity index (χ4n) is 1.82. The lowest BCUT2D eigenvalue weighted by Crippen LogP contribution is -2.15. The quantitative estimate of drug-likeness (QED) is 0.765. The summed E-state index contributed by atoms with van der Waals surface area (Å²) >= 11 is 0. The topological polar surface area (TPSA) is 88.6 Å². The first kappa shape index (κ1) is 9.71. The second-order valence-electron chi connectivity index (χ2n) is 3.56. The van der Waals surface area contributed by atoms with Crippen LogP contribution in [0.2, 0.25) is 0 Å². The summed E-state index contributed by atoms with van der Waals surface area (Å²) in [4.78, 5) is 25.5. The number of H-pyrrole nitrogens is 1. The van der Waals surface area contributed by atoms with E-state index in [4.69, 9.17) is 14.6 Å². The van der Waals surface area contributed by atoms with Gasteiger partial charge in [0.1, 0.15) is 5.56 Å². The van der Waals surface area contributed by atoms with Crippen molar-refractivity contribution in [2.75, 3.05) is 6.79 Å². The molecule has 2 N–H and O–H groups in total. The number of ether oxygens (including phenoxy) is 2. The zero-order chi connectivity index (χ0) is 12.0. The molecular weight excluding hydrogens is 226 g/mol. The number of carboxylic acid groups (broad SMARTS) is 1. The van der Waals surface area contributed by atoms with E-state index in [1.165, 1.54) is 6.07 Å². The molecule has 0 aliphatic carbocycles. The number of aromatic carboxylic acids is 1. The Labute approximate surface area is 94.4 Å². The molecule has 1 aliphatic rings. The Morgan fingerprint density at radius 1 is 1.35 bits per heavy atom. The average Bonchev–Trinajstić information content (AvgIpc) is 2.77. The molecule has 0 amide bonds. The first-order valence-corrected chi connectivity index (χ1v) is 4.86. The number of benzene rings is 1. The Kier molecular flexibility index (Phi) is 1.85. The molecule has 1 aromatic carbocycles. The third-order valence-electron chi connectivity index (χ3n) is 2.62. The summed E-state index contributed by atoms with van der Waals surface area (Å²) in [5.41, 5.74) is -0.379. The van der Waals surface area contributed by atoms with E-state index in [0.717, 1.165) is 6.20 Å². The third kappa shape index (κ3) is 1.27. The van der Waals surface area contributed by atoms with Crippen LogP contribution in [0, 0.1) is 0 Å². The van der Waals surface area contributed by atoms with Gasteiger partial charge in [-0.15, -0.1) is 0 Å². The van der Waals surface area contributed by atoms with Gasteiger partial charge in [-0.05, 0) is 12.1 Å². The van der Waals surface area contributed by atoms with Gasteiger partial charge in [0.25, 0.3) is 0 Å². The average molecular weight is 233 g/mol. The number of aromatic nitrogens is 1. The van der Waals surface area contributed by atoms with Crippen LogP contribution in [0.25, 0.3) is 10.9 Å². The minimum Gasteiger partial charge on any atom is -0.477 e. The highest BCUT2D eigenvalue weighted by atomic mass is 16.7. The van der Waals surface area contributed by atoms with Gasteiger partial charge < -0.3 is 19.6 Å². The van der Waals surface area contributed by atoms with Crippen molar-refractivity contribution in [2.24, 2.45) is 0 Å². The Hall–Kier alpha value is -2.50. The summed E-state index contributed by atoms with van der Waals surface area (Å²) in [6, 6.07) is 3.11. The molecule has 1 aliphatic heterocycles. The second-order valence-corrected chi connectivity index (χ2v) is 3.56. The molecule has 86 valence electrons. The number of rotatable bonds is 1. The van der Waals surface area contributed by atoms with Crippen molar-refractivity contribution in [3.05, 3.63) is 34.1 Å². The van der Waals surface area contributed by atoms with Crippen LogP contribution in [0.1, 0.15) is 10.4 Å². The predicted octanol–water partition coefficient (Wildman–Crippen LogP) is 0.955. The maximum absolute atomic E-state index is 11.9. The van der Waals surface area contributed by atoms with Crippen molar-refractivity contribution in [2.45, 2.75) is 0 Å². The first-order valence-electron chi connectivity index (χ1n) is 4.86. The standard InChI is InChI=1S/C11H7NO5/c13-9-5-1-2-7-10(17-4-16-7)8(5)12-3-6(9)11(14)15/h1-3H,4H2,(H,12,13)(H,14,15). The molecule has 0 spiro atoms. The van der Waals surface area contributed by atoms with Gasteiger partial charge in [-0.1, -0.05) is 0 Å². The molecule has 0 radical (unpaired) electrons. The maximum Gasteiger partial charge on any atom is 0.341 e. The maximum atomic E-state index is 11.9. The molecule has 2 heterocycles. The van der Waals surface area contributed by atoms with Gasteiger partial charge in [0.15, 0.2) is 11.5 Å². The summed E-state index contributed by atoms with van der Waals surface area (Å²) in [6.07, 6.45) is 1.16. The molecule has 0 saturated heterocycles. The molecule has 0 saturated carbocycles. The molecule has 0 fully saturated rings. The molecule has 6 heteroatoms. The highest BCUT2D eigenvalue weighted by Gasteiger charge is 2.20. The van der Waals surface area contributed by atoms with Gasteiger partial charge in [0.2, 0.25) is 12.2 Å². The predicted molar refractivity (Wildman–Crippen MR) is 57.7 cm³/mol. The van der Waals surface area contributed by atoms with Gasteiger partial charge >= 0.3 is 5.97 Å². The number of fused-ring (bicyclic) bond motifs is 3. The Morgan fingerprint density at radius 3 is 2.94 bits per heavy atom. The molecule has 2 aromatic rings. The van der Waals surface area contributed by atoms with Gasteiger partial charge in [-0.25, -0.2) is 4.79 Å². The van der Waals surface area contributed by atoms with Crippen LogP contribution >= 0.6 is 0 Å². The lowest BCUT2D eigenvalue weighted by molar-refractivity contribution is 0.0695. The van der Waals surface area contributed by atoms with E-state index in [1.807, 2.05) is 0 Å². The number of carbonyl (C=O) groups is 1. The summed E-state index contributed by atoms with van der Waals surface area (Å²) in [7, 11) is 0. The van der Waals surface area contributed by atoms with Crippen LogP contribution in [0.4, 0.5) is 0 Å². The van der Waals surface area contributed by atoms with Crippen molar-refractivity contribution in [1.82, 2.24) is 4.98 Å². The van der Waals surface area contributed by atoms with E-state index in [0.29, 0.717) is 17.0 Å². The van der Waals surface area contributed by atoms with E-state index < -0.39 is 11.4 Å². The van der Waals surface area contributed by atoms with Crippen molar-refractivity contribution < 1.29 is 19.4 Å². The molecule has 6 nitrogen and oxygen atoms in total. The summed E-state index contributed by atoms with van der Waals surface area (Å²) in [5, 5.41) is 9.11. The van der Waals surface area contributed by atoms with Crippen molar-refractivity contribution >= 4 is 16.9 Å². The van der Waals surface area contributed by atoms with Gasteiger partial charge in [-0.3, -0.25) is 4.79 Å². The van der Waals surface area contributed by atoms with E-state index in [2.05, 4.69) is 4.98 Å². The SMILES string of the molecule is O=C(O)c1c[nH]c2c3c(ccc2c1=O)OCO3. The lowest BCUT2D eigenvalue weighted by Gasteiger charge is -2.03. The highest BCUT2D eigenvalue weighted by molar-refractivity contribution is 5.94. The van der Waals surface area contributed by atoms with Crippen LogP contribution in [-0.2, 0) is 0 Å². The minimum atomic E-state index is -1.26. The summed E-state index contributed by atoms with van der Waals surface area (Å²) < 4.78 is 10.4. The number of pyridine rings is 1. The number of aromatic amines is 1. The molecule has 0 atom stereocenters. The zero-order valence-corrected chi connectivity index (χ0v) is 8.52. The van der Waals surface area contributed by atoms with Gasteiger partial charge in [0.05, 0.1) is 10.9 Å². The van der Waals surface area contributed by atoms with Gasteiger partial charge in [-0.2, -0.15) is 0 Å². The number of carboxylic acids is 1. The fourth-order valence-corrected chi connectivity index (χ4v) is 1.82. The highest BCUT2D eigenvalue weighted by Crippen LogP contribution is 2.36. The van der Waals surface area contributed by atoms with Crippen LogP contribution in [-0.4, -0.2) is 22.9 Å². The van der Waals surface area contributed by atoms with Crippen LogP contribution in [0.3, 0.4) is 0 Å². The monoisotopic (exact) mass is 233 g/mol. The molecule has 17 heavy (non-hydrogen) atoms. The number of hydrogen-bond acceptors (Lipinski definition) is 4. The lowest BCUT2D eigenvalue weighted by atomic mass is 10.1. The number of hydrogen-bond donors (Lipinski definition) is 2. The third-order valence-corrected chi connectivity index (χ3v) is 2.62.